The summed E-state index contributed by atoms with van der Waals surface area (Å²) in [4.78, 5) is 1.88. The van der Waals surface area contributed by atoms with Gasteiger partial charge in [-0.25, -0.2) is 0 Å². The van der Waals surface area contributed by atoms with E-state index in [1.54, 1.807) is 0 Å². The van der Waals surface area contributed by atoms with Gasteiger partial charge in [0.1, 0.15) is 0 Å². The van der Waals surface area contributed by atoms with Gasteiger partial charge in [-0.1, -0.05) is 0 Å². The van der Waals surface area contributed by atoms with Crippen LogP contribution in [-0.4, -0.2) is 19.1 Å². The molecule has 17 heavy (non-hydrogen) atoms. The largest absolute Gasteiger partial charge is 0.416 e. The molecule has 2 rings (SSSR count). The van der Waals surface area contributed by atoms with Crippen molar-refractivity contribution in [2.24, 2.45) is 0 Å². The summed E-state index contributed by atoms with van der Waals surface area (Å²) < 4.78 is 37.9. The van der Waals surface area contributed by atoms with E-state index in [0.29, 0.717) is 5.69 Å². The van der Waals surface area contributed by atoms with Gasteiger partial charge in [0, 0.05) is 19.1 Å². The minimum absolute atomic E-state index is 0.158. The predicted molar refractivity (Wildman–Crippen MR) is 62.4 cm³/mol. The van der Waals surface area contributed by atoms with Crippen molar-refractivity contribution in [1.82, 2.24) is 0 Å². The van der Waals surface area contributed by atoms with E-state index < -0.39 is 11.7 Å². The molecule has 1 N–H and O–H groups in total. The molecule has 0 aromatic heterocycles. The Balaban J connectivity index is 2.46. The zero-order chi connectivity index (χ0) is 12.8. The van der Waals surface area contributed by atoms with Gasteiger partial charge in [0.15, 0.2) is 0 Å². The van der Waals surface area contributed by atoms with Crippen molar-refractivity contribution in [3.8, 4) is 0 Å². The summed E-state index contributed by atoms with van der Waals surface area (Å²) in [6.07, 6.45) is -4.29. The summed E-state index contributed by atoms with van der Waals surface area (Å²) in [7, 11) is 1.82. The maximum absolute atomic E-state index is 12.6. The Labute approximate surface area is 98.4 Å². The molecule has 0 fully saturated rings. The fraction of sp³-hybridized carbons (Fsp3) is 0.500. The minimum atomic E-state index is -4.29. The highest BCUT2D eigenvalue weighted by Gasteiger charge is 2.33. The van der Waals surface area contributed by atoms with E-state index in [-0.39, 0.29) is 12.1 Å². The first kappa shape index (κ1) is 12.1. The Hall–Kier alpha value is -1.39. The number of fused-ring (bicyclic) bond motifs is 1. The smallest absolute Gasteiger partial charge is 0.379 e. The summed E-state index contributed by atoms with van der Waals surface area (Å²) >= 11 is 0. The minimum Gasteiger partial charge on any atom is -0.379 e. The summed E-state index contributed by atoms with van der Waals surface area (Å²) in [6.45, 7) is 4.00. The molecule has 5 heteroatoms. The van der Waals surface area contributed by atoms with Crippen LogP contribution in [0.4, 0.5) is 24.5 Å². The van der Waals surface area contributed by atoms with Crippen molar-refractivity contribution in [2.75, 3.05) is 17.3 Å². The Bertz CT molecular complexity index is 428. The number of nitrogens with one attached hydrogen (secondary N) is 1. The molecule has 0 saturated heterocycles. The quantitative estimate of drug-likeness (QED) is 0.753. The van der Waals surface area contributed by atoms with Gasteiger partial charge >= 0.3 is 6.18 Å². The van der Waals surface area contributed by atoms with Crippen molar-refractivity contribution in [3.05, 3.63) is 23.8 Å². The van der Waals surface area contributed by atoms with E-state index in [1.165, 1.54) is 12.1 Å². The zero-order valence-corrected chi connectivity index (χ0v) is 9.97. The Morgan fingerprint density at radius 2 is 1.88 bits per heavy atom. The second kappa shape index (κ2) is 3.82. The molecule has 1 aliphatic heterocycles. The Kier molecular flexibility index (Phi) is 2.72. The van der Waals surface area contributed by atoms with Crippen LogP contribution in [0.5, 0.6) is 0 Å². The maximum atomic E-state index is 12.6. The standard InChI is InChI=1S/C12H15F3N2/c1-7-8(2)17(3)11-6-9(12(13,14)15)4-5-10(11)16-7/h4-8,16H,1-3H3. The third-order valence-corrected chi connectivity index (χ3v) is 3.42. The van der Waals surface area contributed by atoms with Crippen LogP contribution in [0, 0.1) is 0 Å². The van der Waals surface area contributed by atoms with Crippen molar-refractivity contribution in [3.63, 3.8) is 0 Å². The number of halogens is 3. The van der Waals surface area contributed by atoms with Gasteiger partial charge in [0.2, 0.25) is 0 Å². The fourth-order valence-electron chi connectivity index (χ4n) is 2.04. The SMILES string of the molecule is CC1Nc2ccc(C(F)(F)F)cc2N(C)C1C. The summed E-state index contributed by atoms with van der Waals surface area (Å²) in [5, 5.41) is 3.21. The molecule has 2 atom stereocenters. The van der Waals surface area contributed by atoms with Gasteiger partial charge in [-0.2, -0.15) is 13.2 Å². The lowest BCUT2D eigenvalue weighted by Crippen LogP contribution is -2.45. The van der Waals surface area contributed by atoms with E-state index in [1.807, 2.05) is 25.8 Å². The third-order valence-electron chi connectivity index (χ3n) is 3.42. The van der Waals surface area contributed by atoms with Gasteiger partial charge in [0.05, 0.1) is 16.9 Å². The molecule has 0 spiro atoms. The third kappa shape index (κ3) is 2.06. The number of anilines is 2. The molecular formula is C12H15F3N2. The van der Waals surface area contributed by atoms with Crippen molar-refractivity contribution < 1.29 is 13.2 Å². The summed E-state index contributed by atoms with van der Waals surface area (Å²) in [5.41, 5.74) is 0.753. The summed E-state index contributed by atoms with van der Waals surface area (Å²) in [6, 6.07) is 4.18. The lowest BCUT2D eigenvalue weighted by atomic mass is 10.0. The molecule has 0 bridgehead atoms. The van der Waals surface area contributed by atoms with Gasteiger partial charge in [-0.15, -0.1) is 0 Å². The molecule has 0 aliphatic carbocycles. The lowest BCUT2D eigenvalue weighted by molar-refractivity contribution is -0.137. The summed E-state index contributed by atoms with van der Waals surface area (Å²) in [5.74, 6) is 0. The number of rotatable bonds is 0. The highest BCUT2D eigenvalue weighted by Crippen LogP contribution is 2.38. The van der Waals surface area contributed by atoms with Crippen LogP contribution in [0.3, 0.4) is 0 Å². The van der Waals surface area contributed by atoms with Crippen molar-refractivity contribution in [2.45, 2.75) is 32.1 Å². The highest BCUT2D eigenvalue weighted by molar-refractivity contribution is 5.74. The molecule has 94 valence electrons. The molecule has 0 radical (unpaired) electrons. The van der Waals surface area contributed by atoms with E-state index in [0.717, 1.165) is 11.8 Å². The molecule has 1 heterocycles. The van der Waals surface area contributed by atoms with Crippen molar-refractivity contribution >= 4 is 11.4 Å². The Morgan fingerprint density at radius 3 is 2.47 bits per heavy atom. The average Bonchev–Trinajstić information content (AvgIpc) is 2.24. The average molecular weight is 244 g/mol. The van der Waals surface area contributed by atoms with Crippen molar-refractivity contribution in [1.29, 1.82) is 0 Å². The normalized spacial score (nSPS) is 24.2. The number of hydrogen-bond donors (Lipinski definition) is 1. The van der Waals surface area contributed by atoms with Crippen LogP contribution in [0.15, 0.2) is 18.2 Å². The molecule has 0 saturated carbocycles. The van der Waals surface area contributed by atoms with Crippen LogP contribution >= 0.6 is 0 Å². The van der Waals surface area contributed by atoms with Gasteiger partial charge in [0.25, 0.3) is 0 Å². The van der Waals surface area contributed by atoms with E-state index in [9.17, 15) is 13.2 Å². The van der Waals surface area contributed by atoms with Gasteiger partial charge in [-0.3, -0.25) is 0 Å². The zero-order valence-electron chi connectivity index (χ0n) is 9.97. The van der Waals surface area contributed by atoms with E-state index in [2.05, 4.69) is 5.32 Å². The highest BCUT2D eigenvalue weighted by atomic mass is 19.4. The number of alkyl halides is 3. The van der Waals surface area contributed by atoms with Crippen LogP contribution in [0.2, 0.25) is 0 Å². The first-order valence-electron chi connectivity index (χ1n) is 5.51. The topological polar surface area (TPSA) is 15.3 Å². The predicted octanol–water partition coefficient (Wildman–Crippen LogP) is 3.34. The molecule has 1 aliphatic rings. The number of benzene rings is 1. The van der Waals surface area contributed by atoms with E-state index >= 15 is 0 Å². The molecular weight excluding hydrogens is 229 g/mol. The van der Waals surface area contributed by atoms with Crippen LogP contribution in [0.1, 0.15) is 19.4 Å². The number of likely N-dealkylation sites (N-methyl/N-ethyl adjacent to an activating group) is 1. The van der Waals surface area contributed by atoms with Crippen LogP contribution in [-0.2, 0) is 6.18 Å². The second-order valence-electron chi connectivity index (χ2n) is 4.51. The fourth-order valence-corrected chi connectivity index (χ4v) is 2.04. The lowest BCUT2D eigenvalue weighted by Gasteiger charge is -2.39. The van der Waals surface area contributed by atoms with Crippen LogP contribution < -0.4 is 10.2 Å². The maximum Gasteiger partial charge on any atom is 0.416 e. The Morgan fingerprint density at radius 1 is 1.24 bits per heavy atom. The molecule has 1 aromatic carbocycles. The first-order chi connectivity index (χ1) is 7.80. The van der Waals surface area contributed by atoms with Crippen LogP contribution in [0.25, 0.3) is 0 Å². The second-order valence-corrected chi connectivity index (χ2v) is 4.51. The molecule has 2 unspecified atom stereocenters. The molecule has 2 nitrogen and oxygen atoms in total. The first-order valence-corrected chi connectivity index (χ1v) is 5.51. The van der Waals surface area contributed by atoms with E-state index in [4.69, 9.17) is 0 Å². The molecule has 0 amide bonds. The number of nitrogens with zero attached hydrogens (tertiary/aromatic N) is 1. The van der Waals surface area contributed by atoms with Gasteiger partial charge in [-0.05, 0) is 32.0 Å². The molecule has 1 aromatic rings. The number of hydrogen-bond acceptors (Lipinski definition) is 2. The monoisotopic (exact) mass is 244 g/mol. The van der Waals surface area contributed by atoms with Gasteiger partial charge < -0.3 is 10.2 Å².